The molecule has 4 atom stereocenters. The van der Waals surface area contributed by atoms with Crippen molar-refractivity contribution < 1.29 is 23.8 Å². The smallest absolute Gasteiger partial charge is 0.339 e. The van der Waals surface area contributed by atoms with Gasteiger partial charge in [-0.25, -0.2) is 9.59 Å². The highest BCUT2D eigenvalue weighted by molar-refractivity contribution is 6.06. The molecular formula is C34H48O5. The molecule has 0 spiro atoms. The number of fused-ring (bicyclic) bond motifs is 8. The fourth-order valence-corrected chi connectivity index (χ4v) is 6.34. The maximum atomic E-state index is 13.8. The monoisotopic (exact) mass is 536 g/mol. The van der Waals surface area contributed by atoms with Crippen LogP contribution in [0.1, 0.15) is 130 Å². The lowest BCUT2D eigenvalue weighted by Crippen LogP contribution is -2.30. The first-order valence-electron chi connectivity index (χ1n) is 15.1. The van der Waals surface area contributed by atoms with E-state index in [4.69, 9.17) is 14.2 Å². The number of unbranched alkanes of at least 4 members (excludes halogenated alkanes) is 8. The number of allylic oxidation sites excluding steroid dienone is 1. The van der Waals surface area contributed by atoms with Gasteiger partial charge in [0.15, 0.2) is 0 Å². The molecule has 0 N–H and O–H groups in total. The molecule has 0 radical (unpaired) electrons. The van der Waals surface area contributed by atoms with Crippen LogP contribution in [0.3, 0.4) is 0 Å². The van der Waals surface area contributed by atoms with Crippen LogP contribution in [-0.4, -0.2) is 23.1 Å². The van der Waals surface area contributed by atoms with Gasteiger partial charge in [0.05, 0.1) is 23.4 Å². The number of ether oxygens (including phenoxy) is 3. The Kier molecular flexibility index (Phi) is 9.10. The molecule has 1 aromatic carbocycles. The van der Waals surface area contributed by atoms with Gasteiger partial charge in [-0.2, -0.15) is 0 Å². The van der Waals surface area contributed by atoms with Gasteiger partial charge in [-0.1, -0.05) is 82.2 Å². The maximum Gasteiger partial charge on any atom is 0.339 e. The van der Waals surface area contributed by atoms with Gasteiger partial charge in [0.1, 0.15) is 11.2 Å². The molecule has 0 unspecified atom stereocenters. The summed E-state index contributed by atoms with van der Waals surface area (Å²) in [5.74, 6) is -1.23. The van der Waals surface area contributed by atoms with Crippen molar-refractivity contribution in [3.05, 3.63) is 58.2 Å². The van der Waals surface area contributed by atoms with Crippen LogP contribution in [0.5, 0.6) is 0 Å². The van der Waals surface area contributed by atoms with Crippen LogP contribution in [-0.2, 0) is 23.8 Å². The van der Waals surface area contributed by atoms with E-state index in [1.165, 1.54) is 44.9 Å². The van der Waals surface area contributed by atoms with Gasteiger partial charge in [0, 0.05) is 11.8 Å². The molecule has 1 saturated heterocycles. The van der Waals surface area contributed by atoms with Crippen molar-refractivity contribution in [2.24, 2.45) is 11.8 Å². The summed E-state index contributed by atoms with van der Waals surface area (Å²) in [6, 6.07) is 8.24. The Morgan fingerprint density at radius 3 is 1.85 bits per heavy atom. The average molecular weight is 537 g/mol. The lowest BCUT2D eigenvalue weighted by molar-refractivity contribution is -0.153. The standard InChI is InChI=1S/C34H48O5/c1-8-9-10-11-12-13-14-15-16-21-24-25-27(30-23-20-18-17-19-22(23)29(25)37-30)28(32(36)39-34(5,6)7)26(24)31(35)38-33(2,3)4/h17-21,25,27,29-30H,8-16H2,1-7H3/b24-21+/t25-,27-,29+,30-/m1/s1. The van der Waals surface area contributed by atoms with Crippen molar-refractivity contribution in [3.8, 4) is 0 Å². The number of esters is 2. The Balaban J connectivity index is 1.66. The van der Waals surface area contributed by atoms with E-state index in [0.717, 1.165) is 29.5 Å². The summed E-state index contributed by atoms with van der Waals surface area (Å²) in [5, 5.41) is 0. The second-order valence-corrected chi connectivity index (χ2v) is 13.4. The number of carbonyl (C=O) groups excluding carboxylic acids is 2. The molecule has 1 aromatic rings. The van der Waals surface area contributed by atoms with Crippen molar-refractivity contribution in [3.63, 3.8) is 0 Å². The molecule has 4 rings (SSSR count). The van der Waals surface area contributed by atoms with Crippen LogP contribution in [0, 0.1) is 11.8 Å². The molecular weight excluding hydrogens is 488 g/mol. The third-order valence-corrected chi connectivity index (χ3v) is 7.84. The van der Waals surface area contributed by atoms with Crippen LogP contribution >= 0.6 is 0 Å². The third kappa shape index (κ3) is 6.67. The van der Waals surface area contributed by atoms with Crippen LogP contribution in [0.4, 0.5) is 0 Å². The largest absolute Gasteiger partial charge is 0.457 e. The Bertz CT molecular complexity index is 1110. The summed E-state index contributed by atoms with van der Waals surface area (Å²) in [7, 11) is 0. The number of carbonyl (C=O) groups is 2. The van der Waals surface area contributed by atoms with Gasteiger partial charge in [-0.15, -0.1) is 0 Å². The molecule has 2 heterocycles. The first kappa shape index (κ1) is 29.6. The zero-order valence-corrected chi connectivity index (χ0v) is 25.1. The minimum Gasteiger partial charge on any atom is -0.457 e. The molecule has 5 heteroatoms. The van der Waals surface area contributed by atoms with Crippen LogP contribution < -0.4 is 0 Å². The highest BCUT2D eigenvalue weighted by Crippen LogP contribution is 2.66. The van der Waals surface area contributed by atoms with Crippen molar-refractivity contribution in [1.29, 1.82) is 0 Å². The van der Waals surface area contributed by atoms with Crippen LogP contribution in [0.15, 0.2) is 47.1 Å². The van der Waals surface area contributed by atoms with E-state index in [1.54, 1.807) is 0 Å². The second-order valence-electron chi connectivity index (χ2n) is 13.4. The molecule has 0 amide bonds. The average Bonchev–Trinajstić information content (AvgIpc) is 3.49. The van der Waals surface area contributed by atoms with E-state index in [-0.39, 0.29) is 24.0 Å². The van der Waals surface area contributed by atoms with E-state index in [9.17, 15) is 9.59 Å². The SMILES string of the molecule is CCCCCCCCCC/C=C1/C(C(=O)OC(C)(C)C)=C(C(=O)OC(C)(C)C)[C@H]2[C@@H]1[C@H]1O[C@@H]2c2ccccc21. The zero-order valence-electron chi connectivity index (χ0n) is 25.1. The van der Waals surface area contributed by atoms with Gasteiger partial charge < -0.3 is 14.2 Å². The van der Waals surface area contributed by atoms with Gasteiger partial charge in [-0.05, 0) is 71.1 Å². The first-order valence-corrected chi connectivity index (χ1v) is 15.1. The second kappa shape index (κ2) is 12.0. The molecule has 214 valence electrons. The number of hydrogen-bond donors (Lipinski definition) is 0. The number of benzene rings is 1. The minimum absolute atomic E-state index is 0.0935. The summed E-state index contributed by atoms with van der Waals surface area (Å²) >= 11 is 0. The summed E-state index contributed by atoms with van der Waals surface area (Å²) < 4.78 is 18.3. The lowest BCUT2D eigenvalue weighted by atomic mass is 9.74. The first-order chi connectivity index (χ1) is 18.4. The Labute approximate surface area is 235 Å². The maximum absolute atomic E-state index is 13.8. The van der Waals surface area contributed by atoms with E-state index >= 15 is 0 Å². The Morgan fingerprint density at radius 1 is 0.769 bits per heavy atom. The van der Waals surface area contributed by atoms with Gasteiger partial charge in [0.25, 0.3) is 0 Å². The predicted octanol–water partition coefficient (Wildman–Crippen LogP) is 8.50. The quantitative estimate of drug-likeness (QED) is 0.210. The summed E-state index contributed by atoms with van der Waals surface area (Å²) in [4.78, 5) is 27.6. The van der Waals surface area contributed by atoms with E-state index in [1.807, 2.05) is 53.7 Å². The summed E-state index contributed by atoms with van der Waals surface area (Å²) in [5.41, 5.74) is 2.64. The van der Waals surface area contributed by atoms with Gasteiger partial charge >= 0.3 is 11.9 Å². The minimum atomic E-state index is -0.682. The van der Waals surface area contributed by atoms with Gasteiger partial charge in [0.2, 0.25) is 0 Å². The number of rotatable bonds is 11. The molecule has 1 aliphatic carbocycles. The Morgan fingerprint density at radius 2 is 1.28 bits per heavy atom. The molecule has 2 bridgehead atoms. The molecule has 3 aliphatic rings. The molecule has 39 heavy (non-hydrogen) atoms. The van der Waals surface area contributed by atoms with E-state index in [0.29, 0.717) is 11.1 Å². The van der Waals surface area contributed by atoms with Crippen molar-refractivity contribution >= 4 is 11.9 Å². The molecule has 5 nitrogen and oxygen atoms in total. The van der Waals surface area contributed by atoms with Crippen molar-refractivity contribution in [1.82, 2.24) is 0 Å². The summed E-state index contributed by atoms with van der Waals surface area (Å²) in [6.45, 7) is 13.4. The predicted molar refractivity (Wildman–Crippen MR) is 154 cm³/mol. The molecule has 2 aliphatic heterocycles. The fraction of sp³-hybridized carbons (Fsp3) is 0.647. The number of hydrogen-bond acceptors (Lipinski definition) is 5. The topological polar surface area (TPSA) is 61.8 Å². The van der Waals surface area contributed by atoms with Crippen LogP contribution in [0.25, 0.3) is 0 Å². The Hall–Kier alpha value is -2.40. The highest BCUT2D eigenvalue weighted by Gasteiger charge is 2.61. The zero-order chi connectivity index (χ0) is 28.4. The molecule has 0 aromatic heterocycles. The normalized spacial score (nSPS) is 24.7. The third-order valence-electron chi connectivity index (χ3n) is 7.84. The fourth-order valence-electron chi connectivity index (χ4n) is 6.34. The lowest BCUT2D eigenvalue weighted by Gasteiger charge is -2.27. The van der Waals surface area contributed by atoms with E-state index in [2.05, 4.69) is 25.1 Å². The highest BCUT2D eigenvalue weighted by atomic mass is 16.6. The van der Waals surface area contributed by atoms with Crippen molar-refractivity contribution in [2.45, 2.75) is 130 Å². The van der Waals surface area contributed by atoms with E-state index < -0.39 is 23.1 Å². The van der Waals surface area contributed by atoms with Crippen LogP contribution in [0.2, 0.25) is 0 Å². The molecule has 1 fully saturated rings. The van der Waals surface area contributed by atoms with Crippen molar-refractivity contribution in [2.75, 3.05) is 0 Å². The molecule has 0 saturated carbocycles. The van der Waals surface area contributed by atoms with Gasteiger partial charge in [-0.3, -0.25) is 0 Å². The summed E-state index contributed by atoms with van der Waals surface area (Å²) in [6.07, 6.45) is 12.6.